The molecular weight excluding hydrogens is 256 g/mol. The molecule has 0 saturated carbocycles. The second kappa shape index (κ2) is 7.62. The average molecular weight is 284 g/mol. The van der Waals surface area contributed by atoms with E-state index < -0.39 is 11.4 Å². The van der Waals surface area contributed by atoms with E-state index in [1.54, 1.807) is 0 Å². The van der Waals surface area contributed by atoms with Crippen molar-refractivity contribution in [2.45, 2.75) is 46.5 Å². The lowest BCUT2D eigenvalue weighted by molar-refractivity contribution is -0.139. The van der Waals surface area contributed by atoms with Crippen LogP contribution in [0.15, 0.2) is 0 Å². The number of carbonyl (C=O) groups is 2. The Kier molecular flexibility index (Phi) is 6.46. The normalized spacial score (nSPS) is 17.9. The van der Waals surface area contributed by atoms with Gasteiger partial charge in [0.15, 0.2) is 0 Å². The second-order valence-electron chi connectivity index (χ2n) is 6.83. The summed E-state index contributed by atoms with van der Waals surface area (Å²) in [7, 11) is 0. The minimum Gasteiger partial charge on any atom is -0.481 e. The van der Waals surface area contributed by atoms with Gasteiger partial charge in [-0.3, -0.25) is 9.59 Å². The highest BCUT2D eigenvalue weighted by atomic mass is 16.4. The SMILES string of the molecule is CC(CNC(=O)CC(C)(C)CC(=O)O)CN1CCCC1. The highest BCUT2D eigenvalue weighted by Gasteiger charge is 2.25. The van der Waals surface area contributed by atoms with Crippen LogP contribution in [-0.2, 0) is 9.59 Å². The summed E-state index contributed by atoms with van der Waals surface area (Å²) in [4.78, 5) is 25.0. The van der Waals surface area contributed by atoms with Crippen molar-refractivity contribution in [1.82, 2.24) is 10.2 Å². The first-order chi connectivity index (χ1) is 9.28. The van der Waals surface area contributed by atoms with E-state index >= 15 is 0 Å². The molecule has 1 saturated heterocycles. The third-order valence-corrected chi connectivity index (χ3v) is 3.69. The maximum Gasteiger partial charge on any atom is 0.303 e. The molecule has 1 aliphatic heterocycles. The van der Waals surface area contributed by atoms with Gasteiger partial charge in [-0.05, 0) is 37.3 Å². The van der Waals surface area contributed by atoms with Crippen LogP contribution in [0, 0.1) is 11.3 Å². The number of carbonyl (C=O) groups excluding carboxylic acids is 1. The van der Waals surface area contributed by atoms with Gasteiger partial charge in [0, 0.05) is 19.5 Å². The zero-order valence-electron chi connectivity index (χ0n) is 12.9. The quantitative estimate of drug-likeness (QED) is 0.712. The van der Waals surface area contributed by atoms with Crippen LogP contribution in [0.1, 0.15) is 46.5 Å². The van der Waals surface area contributed by atoms with Gasteiger partial charge in [-0.1, -0.05) is 20.8 Å². The Balaban J connectivity index is 2.22. The first-order valence-corrected chi connectivity index (χ1v) is 7.49. The van der Waals surface area contributed by atoms with E-state index in [1.165, 1.54) is 25.9 Å². The molecular formula is C15H28N2O3. The lowest BCUT2D eigenvalue weighted by Gasteiger charge is -2.23. The Labute approximate surface area is 121 Å². The first kappa shape index (κ1) is 17.0. The summed E-state index contributed by atoms with van der Waals surface area (Å²) in [6.07, 6.45) is 2.84. The number of hydrogen-bond donors (Lipinski definition) is 2. The van der Waals surface area contributed by atoms with E-state index in [0.717, 1.165) is 6.54 Å². The van der Waals surface area contributed by atoms with Crippen molar-refractivity contribution < 1.29 is 14.7 Å². The second-order valence-corrected chi connectivity index (χ2v) is 6.83. The fourth-order valence-corrected chi connectivity index (χ4v) is 2.73. The molecule has 1 rings (SSSR count). The zero-order valence-corrected chi connectivity index (χ0v) is 12.9. The van der Waals surface area contributed by atoms with E-state index in [4.69, 9.17) is 5.11 Å². The monoisotopic (exact) mass is 284 g/mol. The molecule has 0 bridgehead atoms. The molecule has 1 fully saturated rings. The molecule has 1 heterocycles. The molecule has 1 amide bonds. The van der Waals surface area contributed by atoms with Crippen molar-refractivity contribution in [3.05, 3.63) is 0 Å². The molecule has 116 valence electrons. The van der Waals surface area contributed by atoms with Gasteiger partial charge < -0.3 is 15.3 Å². The molecule has 2 N–H and O–H groups in total. The number of rotatable bonds is 8. The molecule has 0 spiro atoms. The van der Waals surface area contributed by atoms with Crippen molar-refractivity contribution in [1.29, 1.82) is 0 Å². The molecule has 0 aromatic heterocycles. The van der Waals surface area contributed by atoms with Gasteiger partial charge >= 0.3 is 5.97 Å². The fraction of sp³-hybridized carbons (Fsp3) is 0.867. The number of amides is 1. The number of aliphatic carboxylic acids is 1. The van der Waals surface area contributed by atoms with Gasteiger partial charge in [-0.15, -0.1) is 0 Å². The summed E-state index contributed by atoms with van der Waals surface area (Å²) < 4.78 is 0. The third-order valence-electron chi connectivity index (χ3n) is 3.69. The van der Waals surface area contributed by atoms with Crippen molar-refractivity contribution in [2.24, 2.45) is 11.3 Å². The molecule has 1 atom stereocenters. The van der Waals surface area contributed by atoms with E-state index in [0.29, 0.717) is 12.5 Å². The van der Waals surface area contributed by atoms with E-state index in [2.05, 4.69) is 17.1 Å². The smallest absolute Gasteiger partial charge is 0.303 e. The standard InChI is InChI=1S/C15H28N2O3/c1-12(11-17-6-4-5-7-17)10-16-13(18)8-15(2,3)9-14(19)20/h12H,4-11H2,1-3H3,(H,16,18)(H,19,20). The fourth-order valence-electron chi connectivity index (χ4n) is 2.73. The highest BCUT2D eigenvalue weighted by molar-refractivity contribution is 5.77. The number of carboxylic acids is 1. The number of carboxylic acid groups (broad SMARTS) is 1. The number of nitrogens with one attached hydrogen (secondary N) is 1. The average Bonchev–Trinajstić information content (AvgIpc) is 2.76. The van der Waals surface area contributed by atoms with Crippen LogP contribution >= 0.6 is 0 Å². The first-order valence-electron chi connectivity index (χ1n) is 7.49. The van der Waals surface area contributed by atoms with Gasteiger partial charge in [-0.2, -0.15) is 0 Å². The van der Waals surface area contributed by atoms with Gasteiger partial charge in [0.25, 0.3) is 0 Å². The lowest BCUT2D eigenvalue weighted by Crippen LogP contribution is -2.36. The van der Waals surface area contributed by atoms with Crippen LogP contribution in [0.3, 0.4) is 0 Å². The van der Waals surface area contributed by atoms with E-state index in [1.807, 2.05) is 13.8 Å². The van der Waals surface area contributed by atoms with Crippen LogP contribution in [0.2, 0.25) is 0 Å². The molecule has 0 aliphatic carbocycles. The van der Waals surface area contributed by atoms with E-state index in [9.17, 15) is 9.59 Å². The van der Waals surface area contributed by atoms with Gasteiger partial charge in [0.1, 0.15) is 0 Å². The lowest BCUT2D eigenvalue weighted by atomic mass is 9.85. The largest absolute Gasteiger partial charge is 0.481 e. The molecule has 1 aliphatic rings. The number of likely N-dealkylation sites (tertiary alicyclic amines) is 1. The van der Waals surface area contributed by atoms with Gasteiger partial charge in [0.05, 0.1) is 6.42 Å². The molecule has 5 heteroatoms. The highest BCUT2D eigenvalue weighted by Crippen LogP contribution is 2.24. The Morgan fingerprint density at radius 2 is 1.85 bits per heavy atom. The van der Waals surface area contributed by atoms with Crippen molar-refractivity contribution >= 4 is 11.9 Å². The number of nitrogens with zero attached hydrogens (tertiary/aromatic N) is 1. The topological polar surface area (TPSA) is 69.6 Å². The van der Waals surface area contributed by atoms with Crippen LogP contribution < -0.4 is 5.32 Å². The van der Waals surface area contributed by atoms with Gasteiger partial charge in [-0.25, -0.2) is 0 Å². The van der Waals surface area contributed by atoms with Crippen LogP contribution in [-0.4, -0.2) is 48.1 Å². The van der Waals surface area contributed by atoms with Crippen LogP contribution in [0.25, 0.3) is 0 Å². The summed E-state index contributed by atoms with van der Waals surface area (Å²) in [5.74, 6) is -0.477. The maximum atomic E-state index is 11.9. The Morgan fingerprint density at radius 1 is 1.25 bits per heavy atom. The number of hydrogen-bond acceptors (Lipinski definition) is 3. The third kappa shape index (κ3) is 6.89. The summed E-state index contributed by atoms with van der Waals surface area (Å²) in [6.45, 7) is 9.80. The summed E-state index contributed by atoms with van der Waals surface area (Å²) >= 11 is 0. The molecule has 1 unspecified atom stereocenters. The molecule has 0 aromatic carbocycles. The molecule has 5 nitrogen and oxygen atoms in total. The predicted molar refractivity (Wildman–Crippen MR) is 78.5 cm³/mol. The molecule has 0 aromatic rings. The maximum absolute atomic E-state index is 11.9. The zero-order chi connectivity index (χ0) is 15.2. The minimum atomic E-state index is -0.856. The van der Waals surface area contributed by atoms with Crippen molar-refractivity contribution in [3.63, 3.8) is 0 Å². The Morgan fingerprint density at radius 3 is 2.40 bits per heavy atom. The summed E-state index contributed by atoms with van der Waals surface area (Å²) in [6, 6.07) is 0. The molecule has 0 radical (unpaired) electrons. The molecule has 20 heavy (non-hydrogen) atoms. The Bertz CT molecular complexity index is 336. The van der Waals surface area contributed by atoms with Crippen molar-refractivity contribution in [2.75, 3.05) is 26.2 Å². The van der Waals surface area contributed by atoms with E-state index in [-0.39, 0.29) is 18.7 Å². The summed E-state index contributed by atoms with van der Waals surface area (Å²) in [5.41, 5.74) is -0.492. The van der Waals surface area contributed by atoms with Crippen LogP contribution in [0.5, 0.6) is 0 Å². The van der Waals surface area contributed by atoms with Crippen molar-refractivity contribution in [3.8, 4) is 0 Å². The Hall–Kier alpha value is -1.10. The van der Waals surface area contributed by atoms with Gasteiger partial charge in [0.2, 0.25) is 5.91 Å². The predicted octanol–water partition coefficient (Wildman–Crippen LogP) is 1.73. The summed E-state index contributed by atoms with van der Waals surface area (Å²) in [5, 5.41) is 11.7. The minimum absolute atomic E-state index is 0.0176. The van der Waals surface area contributed by atoms with Crippen LogP contribution in [0.4, 0.5) is 0 Å².